The standard InChI is InChI=1S/C11H19N/c1-5-6-10-7-8-12(9-10)11(2,3)4/h10H,7-9H2,1-4H3/t10-/m1/s1. The number of rotatable bonds is 0. The molecule has 1 rings (SSSR count). The lowest BCUT2D eigenvalue weighted by Gasteiger charge is -2.31. The summed E-state index contributed by atoms with van der Waals surface area (Å²) in [6.45, 7) is 11.1. The van der Waals surface area contributed by atoms with Crippen LogP contribution in [0.5, 0.6) is 0 Å². The highest BCUT2D eigenvalue weighted by Gasteiger charge is 2.28. The minimum Gasteiger partial charge on any atom is -0.297 e. The Balaban J connectivity index is 2.49. The highest BCUT2D eigenvalue weighted by atomic mass is 15.2. The summed E-state index contributed by atoms with van der Waals surface area (Å²) in [6, 6.07) is 0. The second kappa shape index (κ2) is 3.49. The first-order chi connectivity index (χ1) is 5.54. The molecular weight excluding hydrogens is 146 g/mol. The molecule has 1 aliphatic heterocycles. The summed E-state index contributed by atoms with van der Waals surface area (Å²) >= 11 is 0. The van der Waals surface area contributed by atoms with Crippen molar-refractivity contribution in [2.45, 2.75) is 39.7 Å². The summed E-state index contributed by atoms with van der Waals surface area (Å²) in [7, 11) is 0. The molecule has 1 heteroatoms. The summed E-state index contributed by atoms with van der Waals surface area (Å²) in [5.74, 6) is 6.88. The fourth-order valence-corrected chi connectivity index (χ4v) is 1.69. The molecule has 0 aromatic carbocycles. The summed E-state index contributed by atoms with van der Waals surface area (Å²) in [5, 5.41) is 0. The van der Waals surface area contributed by atoms with Crippen LogP contribution in [-0.4, -0.2) is 23.5 Å². The van der Waals surface area contributed by atoms with E-state index in [9.17, 15) is 0 Å². The molecular formula is C11H19N. The van der Waals surface area contributed by atoms with Gasteiger partial charge in [0.1, 0.15) is 0 Å². The molecule has 0 unspecified atom stereocenters. The molecule has 1 fully saturated rings. The molecule has 0 bridgehead atoms. The molecule has 68 valence electrons. The Morgan fingerprint density at radius 1 is 1.33 bits per heavy atom. The maximum Gasteiger partial charge on any atom is 0.0342 e. The molecule has 1 aliphatic rings. The number of likely N-dealkylation sites (tertiary alicyclic amines) is 1. The van der Waals surface area contributed by atoms with E-state index in [0.717, 1.165) is 6.54 Å². The third-order valence-corrected chi connectivity index (χ3v) is 2.49. The Kier molecular flexibility index (Phi) is 2.80. The smallest absolute Gasteiger partial charge is 0.0342 e. The molecule has 0 radical (unpaired) electrons. The molecule has 1 saturated heterocycles. The largest absolute Gasteiger partial charge is 0.297 e. The fourth-order valence-electron chi connectivity index (χ4n) is 1.69. The van der Waals surface area contributed by atoms with E-state index in [0.29, 0.717) is 11.5 Å². The lowest BCUT2D eigenvalue weighted by Crippen LogP contribution is -2.39. The summed E-state index contributed by atoms with van der Waals surface area (Å²) < 4.78 is 0. The van der Waals surface area contributed by atoms with Crippen LogP contribution >= 0.6 is 0 Å². The van der Waals surface area contributed by atoms with Crippen LogP contribution in [0.3, 0.4) is 0 Å². The highest BCUT2D eigenvalue weighted by Crippen LogP contribution is 2.23. The average Bonchev–Trinajstić information content (AvgIpc) is 2.35. The minimum absolute atomic E-state index is 0.324. The topological polar surface area (TPSA) is 3.24 Å². The molecule has 1 atom stereocenters. The van der Waals surface area contributed by atoms with E-state index in [1.807, 2.05) is 6.92 Å². The molecule has 0 spiro atoms. The maximum atomic E-state index is 3.25. The maximum absolute atomic E-state index is 3.25. The zero-order valence-electron chi connectivity index (χ0n) is 8.65. The molecule has 0 aromatic rings. The van der Waals surface area contributed by atoms with Gasteiger partial charge in [-0.2, -0.15) is 0 Å². The van der Waals surface area contributed by atoms with Crippen molar-refractivity contribution in [1.29, 1.82) is 0 Å². The van der Waals surface area contributed by atoms with Gasteiger partial charge in [0.05, 0.1) is 0 Å². The van der Waals surface area contributed by atoms with Crippen LogP contribution in [-0.2, 0) is 0 Å². The Hall–Kier alpha value is -0.480. The predicted octanol–water partition coefficient (Wildman–Crippen LogP) is 2.13. The third kappa shape index (κ3) is 2.25. The van der Waals surface area contributed by atoms with Crippen molar-refractivity contribution >= 4 is 0 Å². The van der Waals surface area contributed by atoms with E-state index >= 15 is 0 Å². The summed E-state index contributed by atoms with van der Waals surface area (Å²) in [5.41, 5.74) is 0.324. The van der Waals surface area contributed by atoms with Crippen LogP contribution in [0.25, 0.3) is 0 Å². The van der Waals surface area contributed by atoms with Crippen LogP contribution in [0, 0.1) is 17.8 Å². The molecule has 12 heavy (non-hydrogen) atoms. The molecule has 0 saturated carbocycles. The first kappa shape index (κ1) is 9.61. The first-order valence-corrected chi connectivity index (χ1v) is 4.71. The third-order valence-electron chi connectivity index (χ3n) is 2.49. The van der Waals surface area contributed by atoms with Gasteiger partial charge in [-0.25, -0.2) is 0 Å². The molecule has 1 nitrogen and oxygen atoms in total. The first-order valence-electron chi connectivity index (χ1n) is 4.71. The van der Waals surface area contributed by atoms with E-state index in [1.165, 1.54) is 13.0 Å². The molecule has 0 amide bonds. The van der Waals surface area contributed by atoms with Gasteiger partial charge >= 0.3 is 0 Å². The zero-order chi connectivity index (χ0) is 9.19. The van der Waals surface area contributed by atoms with Crippen molar-refractivity contribution in [1.82, 2.24) is 4.90 Å². The molecule has 0 N–H and O–H groups in total. The van der Waals surface area contributed by atoms with E-state index < -0.39 is 0 Å². The lowest BCUT2D eigenvalue weighted by atomic mass is 10.1. The van der Waals surface area contributed by atoms with Crippen molar-refractivity contribution < 1.29 is 0 Å². The van der Waals surface area contributed by atoms with Crippen LogP contribution in [0.15, 0.2) is 0 Å². The van der Waals surface area contributed by atoms with E-state index in [-0.39, 0.29) is 0 Å². The van der Waals surface area contributed by atoms with Gasteiger partial charge in [-0.15, -0.1) is 5.92 Å². The average molecular weight is 165 g/mol. The van der Waals surface area contributed by atoms with Gasteiger partial charge in [0.15, 0.2) is 0 Å². The van der Waals surface area contributed by atoms with Gasteiger partial charge in [-0.05, 0) is 40.7 Å². The predicted molar refractivity (Wildman–Crippen MR) is 52.9 cm³/mol. The van der Waals surface area contributed by atoms with Crippen molar-refractivity contribution in [3.8, 4) is 11.8 Å². The lowest BCUT2D eigenvalue weighted by molar-refractivity contribution is 0.172. The van der Waals surface area contributed by atoms with Crippen LogP contribution in [0.1, 0.15) is 34.1 Å². The van der Waals surface area contributed by atoms with Gasteiger partial charge < -0.3 is 0 Å². The number of hydrogen-bond acceptors (Lipinski definition) is 1. The van der Waals surface area contributed by atoms with Gasteiger partial charge in [0.25, 0.3) is 0 Å². The van der Waals surface area contributed by atoms with Gasteiger partial charge in [0.2, 0.25) is 0 Å². The Morgan fingerprint density at radius 2 is 2.00 bits per heavy atom. The fraction of sp³-hybridized carbons (Fsp3) is 0.818. The van der Waals surface area contributed by atoms with Crippen molar-refractivity contribution in [3.63, 3.8) is 0 Å². The SMILES string of the molecule is CC#C[C@@H]1CCN(C(C)(C)C)C1. The molecule has 1 heterocycles. The van der Waals surface area contributed by atoms with Crippen molar-refractivity contribution in [2.24, 2.45) is 5.92 Å². The van der Waals surface area contributed by atoms with E-state index in [2.05, 4.69) is 37.5 Å². The van der Waals surface area contributed by atoms with Crippen molar-refractivity contribution in [2.75, 3.05) is 13.1 Å². The van der Waals surface area contributed by atoms with Gasteiger partial charge in [-0.3, -0.25) is 4.90 Å². The minimum atomic E-state index is 0.324. The summed E-state index contributed by atoms with van der Waals surface area (Å²) in [6.07, 6.45) is 1.25. The Morgan fingerprint density at radius 3 is 2.42 bits per heavy atom. The Labute approximate surface area is 76.1 Å². The van der Waals surface area contributed by atoms with Crippen LogP contribution in [0.4, 0.5) is 0 Å². The van der Waals surface area contributed by atoms with E-state index in [4.69, 9.17) is 0 Å². The molecule has 0 aliphatic carbocycles. The quantitative estimate of drug-likeness (QED) is 0.497. The van der Waals surface area contributed by atoms with Gasteiger partial charge in [0, 0.05) is 18.0 Å². The van der Waals surface area contributed by atoms with Gasteiger partial charge in [-0.1, -0.05) is 5.92 Å². The van der Waals surface area contributed by atoms with Crippen molar-refractivity contribution in [3.05, 3.63) is 0 Å². The van der Waals surface area contributed by atoms with Crippen LogP contribution < -0.4 is 0 Å². The second-order valence-electron chi connectivity index (χ2n) is 4.50. The number of hydrogen-bond donors (Lipinski definition) is 0. The van der Waals surface area contributed by atoms with Crippen LogP contribution in [0.2, 0.25) is 0 Å². The van der Waals surface area contributed by atoms with E-state index in [1.54, 1.807) is 0 Å². The number of nitrogens with zero attached hydrogens (tertiary/aromatic N) is 1. The Bertz CT molecular complexity index is 201. The monoisotopic (exact) mass is 165 g/mol. The highest BCUT2D eigenvalue weighted by molar-refractivity contribution is 5.05. The zero-order valence-corrected chi connectivity index (χ0v) is 8.65. The normalized spacial score (nSPS) is 25.2. The second-order valence-corrected chi connectivity index (χ2v) is 4.50. The molecule has 0 aromatic heterocycles. The summed E-state index contributed by atoms with van der Waals surface area (Å²) in [4.78, 5) is 2.52.